The highest BCUT2D eigenvalue weighted by molar-refractivity contribution is 7.20. The summed E-state index contributed by atoms with van der Waals surface area (Å²) in [4.78, 5) is 6.88. The number of hydrogen-bond donors (Lipinski definition) is 0. The summed E-state index contributed by atoms with van der Waals surface area (Å²) >= 11 is 1.68. The van der Waals surface area contributed by atoms with Crippen molar-refractivity contribution in [2.75, 3.05) is 0 Å². The zero-order chi connectivity index (χ0) is 17.3. The Morgan fingerprint density at radius 2 is 1.15 bits per heavy atom. The maximum Gasteiger partial charge on any atom is 0.213 e. The molecule has 2 aromatic heterocycles. The van der Waals surface area contributed by atoms with Gasteiger partial charge in [-0.15, -0.1) is 5.10 Å². The van der Waals surface area contributed by atoms with Crippen molar-refractivity contribution in [3.05, 3.63) is 91.0 Å². The Labute approximate surface area is 155 Å². The molecule has 0 spiro atoms. The Morgan fingerprint density at radius 1 is 0.615 bits per heavy atom. The molecule has 0 aliphatic rings. The number of aromatic nitrogens is 3. The molecule has 5 aromatic rings. The van der Waals surface area contributed by atoms with Gasteiger partial charge in [-0.25, -0.2) is 4.52 Å². The fourth-order valence-electron chi connectivity index (χ4n) is 3.09. The average Bonchev–Trinajstić information content (AvgIpc) is 3.28. The molecule has 3 aromatic carbocycles. The Balaban J connectivity index is 1.77. The molecule has 0 bridgehead atoms. The number of fused-ring (bicyclic) bond motifs is 1. The summed E-state index contributed by atoms with van der Waals surface area (Å²) in [6.45, 7) is 0. The largest absolute Gasteiger partial charge is 0.213 e. The molecule has 0 saturated heterocycles. The number of hydrogen-bond acceptors (Lipinski definition) is 3. The molecule has 124 valence electrons. The van der Waals surface area contributed by atoms with Crippen molar-refractivity contribution >= 4 is 16.3 Å². The lowest BCUT2D eigenvalue weighted by molar-refractivity contribution is 0.990. The molecule has 0 radical (unpaired) electrons. The molecule has 0 amide bonds. The van der Waals surface area contributed by atoms with Gasteiger partial charge in [0.1, 0.15) is 0 Å². The van der Waals surface area contributed by atoms with Gasteiger partial charge < -0.3 is 0 Å². The fourth-order valence-corrected chi connectivity index (χ4v) is 4.18. The fraction of sp³-hybridized carbons (Fsp3) is 0. The Morgan fingerprint density at radius 3 is 1.77 bits per heavy atom. The lowest BCUT2D eigenvalue weighted by atomic mass is 10.1. The number of benzene rings is 3. The molecule has 0 unspecified atom stereocenters. The van der Waals surface area contributed by atoms with E-state index in [4.69, 9.17) is 10.1 Å². The molecule has 26 heavy (non-hydrogen) atoms. The van der Waals surface area contributed by atoms with Gasteiger partial charge in [0.15, 0.2) is 5.82 Å². The Bertz CT molecular complexity index is 1160. The molecule has 0 N–H and O–H groups in total. The van der Waals surface area contributed by atoms with Gasteiger partial charge in [0.05, 0.1) is 10.6 Å². The van der Waals surface area contributed by atoms with Gasteiger partial charge >= 0.3 is 0 Å². The topological polar surface area (TPSA) is 30.2 Å². The highest BCUT2D eigenvalue weighted by atomic mass is 32.1. The van der Waals surface area contributed by atoms with Crippen molar-refractivity contribution in [1.29, 1.82) is 0 Å². The molecule has 2 heterocycles. The third-order valence-corrected chi connectivity index (χ3v) is 5.39. The lowest BCUT2D eigenvalue weighted by Gasteiger charge is -2.04. The van der Waals surface area contributed by atoms with Gasteiger partial charge in [-0.2, -0.15) is 4.98 Å². The van der Waals surface area contributed by atoms with Gasteiger partial charge in [-0.05, 0) is 5.56 Å². The van der Waals surface area contributed by atoms with E-state index >= 15 is 0 Å². The molecule has 5 rings (SSSR count). The highest BCUT2D eigenvalue weighted by Crippen LogP contribution is 2.39. The summed E-state index contributed by atoms with van der Waals surface area (Å²) in [6.07, 6.45) is 0. The zero-order valence-corrected chi connectivity index (χ0v) is 14.7. The first-order chi connectivity index (χ1) is 12.9. The smallest absolute Gasteiger partial charge is 0.202 e. The van der Waals surface area contributed by atoms with Crippen LogP contribution in [0, 0.1) is 0 Å². The van der Waals surface area contributed by atoms with Gasteiger partial charge in [-0.1, -0.05) is 102 Å². The summed E-state index contributed by atoms with van der Waals surface area (Å²) in [5.74, 6) is 0.758. The van der Waals surface area contributed by atoms with Crippen LogP contribution in [-0.2, 0) is 0 Å². The van der Waals surface area contributed by atoms with E-state index in [1.54, 1.807) is 11.3 Å². The minimum Gasteiger partial charge on any atom is -0.202 e. The van der Waals surface area contributed by atoms with Crippen molar-refractivity contribution in [2.45, 2.75) is 0 Å². The summed E-state index contributed by atoms with van der Waals surface area (Å²) in [7, 11) is 0. The van der Waals surface area contributed by atoms with E-state index < -0.39 is 0 Å². The van der Waals surface area contributed by atoms with Crippen LogP contribution >= 0.6 is 11.3 Å². The highest BCUT2D eigenvalue weighted by Gasteiger charge is 2.19. The monoisotopic (exact) mass is 353 g/mol. The molecular formula is C22H15N3S. The van der Waals surface area contributed by atoms with E-state index in [0.29, 0.717) is 0 Å². The van der Waals surface area contributed by atoms with Crippen LogP contribution in [0.15, 0.2) is 91.0 Å². The molecule has 0 saturated carbocycles. The van der Waals surface area contributed by atoms with Crippen LogP contribution < -0.4 is 0 Å². The van der Waals surface area contributed by atoms with Crippen LogP contribution in [0.3, 0.4) is 0 Å². The van der Waals surface area contributed by atoms with E-state index in [9.17, 15) is 0 Å². The van der Waals surface area contributed by atoms with Crippen LogP contribution in [-0.4, -0.2) is 14.6 Å². The minimum atomic E-state index is 0.758. The summed E-state index contributed by atoms with van der Waals surface area (Å²) in [6, 6.07) is 30.9. The predicted octanol–water partition coefficient (Wildman–Crippen LogP) is 5.79. The number of nitrogens with zero attached hydrogens (tertiary/aromatic N) is 3. The third-order valence-electron chi connectivity index (χ3n) is 4.31. The van der Waals surface area contributed by atoms with Crippen LogP contribution in [0.25, 0.3) is 38.0 Å². The molecule has 0 fully saturated rings. The standard InChI is InChI=1S/C22H15N3S/c1-4-10-16(11-5-1)19-20(17-12-6-2-7-13-17)26-22-23-21(24-25(19)22)18-14-8-3-9-15-18/h1-15H. The van der Waals surface area contributed by atoms with E-state index in [-0.39, 0.29) is 0 Å². The molecule has 4 heteroatoms. The van der Waals surface area contributed by atoms with Crippen molar-refractivity contribution in [2.24, 2.45) is 0 Å². The van der Waals surface area contributed by atoms with Crippen LogP contribution in [0.2, 0.25) is 0 Å². The number of rotatable bonds is 3. The summed E-state index contributed by atoms with van der Waals surface area (Å²) in [5, 5.41) is 4.82. The number of thiazole rings is 1. The van der Waals surface area contributed by atoms with Gasteiger partial charge in [0, 0.05) is 11.1 Å². The summed E-state index contributed by atoms with van der Waals surface area (Å²) < 4.78 is 1.98. The average molecular weight is 353 g/mol. The molecule has 0 aliphatic carbocycles. The predicted molar refractivity (Wildman–Crippen MR) is 107 cm³/mol. The van der Waals surface area contributed by atoms with E-state index in [1.165, 1.54) is 10.4 Å². The normalized spacial score (nSPS) is 11.1. The third kappa shape index (κ3) is 2.52. The second kappa shape index (κ2) is 6.24. The first-order valence-corrected chi connectivity index (χ1v) is 9.27. The molecule has 0 aliphatic heterocycles. The van der Waals surface area contributed by atoms with Crippen molar-refractivity contribution < 1.29 is 0 Å². The maximum absolute atomic E-state index is 4.82. The first kappa shape index (κ1) is 15.0. The van der Waals surface area contributed by atoms with Crippen LogP contribution in [0.5, 0.6) is 0 Å². The van der Waals surface area contributed by atoms with Crippen LogP contribution in [0.1, 0.15) is 0 Å². The second-order valence-electron chi connectivity index (χ2n) is 6.01. The van der Waals surface area contributed by atoms with E-state index in [2.05, 4.69) is 48.5 Å². The second-order valence-corrected chi connectivity index (χ2v) is 6.99. The lowest BCUT2D eigenvalue weighted by Crippen LogP contribution is -1.91. The van der Waals surface area contributed by atoms with Crippen LogP contribution in [0.4, 0.5) is 0 Å². The Kier molecular flexibility index (Phi) is 3.61. The van der Waals surface area contributed by atoms with E-state index in [0.717, 1.165) is 27.6 Å². The molecule has 3 nitrogen and oxygen atoms in total. The van der Waals surface area contributed by atoms with Crippen molar-refractivity contribution in [3.63, 3.8) is 0 Å². The van der Waals surface area contributed by atoms with Gasteiger partial charge in [0.25, 0.3) is 0 Å². The maximum atomic E-state index is 4.82. The van der Waals surface area contributed by atoms with E-state index in [1.807, 2.05) is 47.0 Å². The summed E-state index contributed by atoms with van der Waals surface area (Å²) in [5.41, 5.74) is 4.45. The molecule has 0 atom stereocenters. The van der Waals surface area contributed by atoms with Gasteiger partial charge in [0.2, 0.25) is 4.96 Å². The van der Waals surface area contributed by atoms with Crippen molar-refractivity contribution in [1.82, 2.24) is 14.6 Å². The quantitative estimate of drug-likeness (QED) is 0.411. The Hall–Kier alpha value is -3.24. The zero-order valence-electron chi connectivity index (χ0n) is 13.9. The molecular weight excluding hydrogens is 338 g/mol. The first-order valence-electron chi connectivity index (χ1n) is 8.46. The van der Waals surface area contributed by atoms with Gasteiger partial charge in [-0.3, -0.25) is 0 Å². The van der Waals surface area contributed by atoms with Crippen molar-refractivity contribution in [3.8, 4) is 33.1 Å². The SMILES string of the molecule is c1ccc(-c2nc3sc(-c4ccccc4)c(-c4ccccc4)n3n2)cc1. The minimum absolute atomic E-state index is 0.758.